The first kappa shape index (κ1) is 13.4. The van der Waals surface area contributed by atoms with Crippen LogP contribution in [0.1, 0.15) is 42.4 Å². The van der Waals surface area contributed by atoms with Crippen LogP contribution < -0.4 is 10.5 Å². The summed E-state index contributed by atoms with van der Waals surface area (Å²) in [6.07, 6.45) is 4.84. The predicted octanol–water partition coefficient (Wildman–Crippen LogP) is 3.51. The third kappa shape index (κ3) is 3.05. The summed E-state index contributed by atoms with van der Waals surface area (Å²) in [5.74, 6) is 1.70. The SMILES string of the molecule is Cc1cc(C)c(C)c(OCCC2CCCC2N)c1. The van der Waals surface area contributed by atoms with Crippen LogP contribution in [0.5, 0.6) is 5.75 Å². The van der Waals surface area contributed by atoms with E-state index >= 15 is 0 Å². The smallest absolute Gasteiger partial charge is 0.122 e. The van der Waals surface area contributed by atoms with Crippen molar-refractivity contribution in [1.82, 2.24) is 0 Å². The number of aryl methyl sites for hydroxylation is 2. The first-order valence-corrected chi connectivity index (χ1v) is 7.04. The lowest BCUT2D eigenvalue weighted by Crippen LogP contribution is -2.25. The van der Waals surface area contributed by atoms with Crippen molar-refractivity contribution in [1.29, 1.82) is 0 Å². The van der Waals surface area contributed by atoms with Crippen LogP contribution in [-0.2, 0) is 0 Å². The average molecular weight is 247 g/mol. The zero-order chi connectivity index (χ0) is 13.1. The van der Waals surface area contributed by atoms with Crippen LogP contribution in [0.25, 0.3) is 0 Å². The van der Waals surface area contributed by atoms with E-state index in [9.17, 15) is 0 Å². The lowest BCUT2D eigenvalue weighted by atomic mass is 10.0. The third-order valence-corrected chi connectivity index (χ3v) is 4.23. The van der Waals surface area contributed by atoms with Gasteiger partial charge in [-0.3, -0.25) is 0 Å². The van der Waals surface area contributed by atoms with E-state index in [1.165, 1.54) is 36.0 Å². The minimum atomic E-state index is 0.397. The van der Waals surface area contributed by atoms with E-state index in [1.54, 1.807) is 0 Å². The van der Waals surface area contributed by atoms with E-state index < -0.39 is 0 Å². The molecule has 2 heteroatoms. The fourth-order valence-corrected chi connectivity index (χ4v) is 2.89. The van der Waals surface area contributed by atoms with E-state index in [1.807, 2.05) is 0 Å². The zero-order valence-electron chi connectivity index (χ0n) is 11.8. The molecule has 1 fully saturated rings. The van der Waals surface area contributed by atoms with Crippen molar-refractivity contribution in [2.75, 3.05) is 6.61 Å². The summed E-state index contributed by atoms with van der Waals surface area (Å²) in [4.78, 5) is 0. The van der Waals surface area contributed by atoms with Crippen molar-refractivity contribution in [2.24, 2.45) is 11.7 Å². The first-order valence-electron chi connectivity index (χ1n) is 7.04. The quantitative estimate of drug-likeness (QED) is 0.883. The van der Waals surface area contributed by atoms with Gasteiger partial charge in [0.15, 0.2) is 0 Å². The molecule has 100 valence electrons. The van der Waals surface area contributed by atoms with E-state index in [2.05, 4.69) is 32.9 Å². The molecule has 2 rings (SSSR count). The van der Waals surface area contributed by atoms with Crippen molar-refractivity contribution in [3.8, 4) is 5.75 Å². The molecule has 0 heterocycles. The second-order valence-corrected chi connectivity index (χ2v) is 5.70. The lowest BCUT2D eigenvalue weighted by molar-refractivity contribution is 0.269. The standard InChI is InChI=1S/C16H25NO/c1-11-9-12(2)13(3)16(10-11)18-8-7-14-5-4-6-15(14)17/h9-10,14-15H,4-8,17H2,1-3H3. The van der Waals surface area contributed by atoms with Crippen LogP contribution >= 0.6 is 0 Å². The van der Waals surface area contributed by atoms with Crippen LogP contribution in [0.4, 0.5) is 0 Å². The highest BCUT2D eigenvalue weighted by Gasteiger charge is 2.23. The minimum Gasteiger partial charge on any atom is -0.493 e. The van der Waals surface area contributed by atoms with Gasteiger partial charge in [-0.2, -0.15) is 0 Å². The Morgan fingerprint density at radius 2 is 2.00 bits per heavy atom. The van der Waals surface area contributed by atoms with Crippen LogP contribution in [0.2, 0.25) is 0 Å². The van der Waals surface area contributed by atoms with Gasteiger partial charge in [0.1, 0.15) is 5.75 Å². The Kier molecular flexibility index (Phi) is 4.28. The number of benzene rings is 1. The normalized spacial score (nSPS) is 23.3. The Balaban J connectivity index is 1.90. The molecule has 0 aromatic heterocycles. The van der Waals surface area contributed by atoms with Gasteiger partial charge in [-0.05, 0) is 68.7 Å². The summed E-state index contributed by atoms with van der Waals surface area (Å²) in [5.41, 5.74) is 9.92. The number of nitrogens with two attached hydrogens (primary N) is 1. The van der Waals surface area contributed by atoms with Gasteiger partial charge in [0.05, 0.1) is 6.61 Å². The van der Waals surface area contributed by atoms with Crippen molar-refractivity contribution >= 4 is 0 Å². The van der Waals surface area contributed by atoms with Gasteiger partial charge in [-0.1, -0.05) is 12.5 Å². The molecule has 18 heavy (non-hydrogen) atoms. The van der Waals surface area contributed by atoms with Gasteiger partial charge in [0, 0.05) is 6.04 Å². The van der Waals surface area contributed by atoms with Gasteiger partial charge in [-0.15, -0.1) is 0 Å². The van der Waals surface area contributed by atoms with E-state index in [4.69, 9.17) is 10.5 Å². The molecule has 1 aromatic rings. The van der Waals surface area contributed by atoms with Crippen LogP contribution in [-0.4, -0.2) is 12.6 Å². The maximum absolute atomic E-state index is 6.08. The molecule has 0 amide bonds. The summed E-state index contributed by atoms with van der Waals surface area (Å²) >= 11 is 0. The summed E-state index contributed by atoms with van der Waals surface area (Å²) in [6, 6.07) is 4.74. The van der Waals surface area contributed by atoms with E-state index in [0.29, 0.717) is 12.0 Å². The Bertz CT molecular complexity index is 414. The molecule has 2 unspecified atom stereocenters. The summed E-state index contributed by atoms with van der Waals surface area (Å²) in [6.45, 7) is 7.18. The summed E-state index contributed by atoms with van der Waals surface area (Å²) in [7, 11) is 0. The molecule has 1 aliphatic rings. The highest BCUT2D eigenvalue weighted by atomic mass is 16.5. The Hall–Kier alpha value is -1.02. The largest absolute Gasteiger partial charge is 0.493 e. The molecular weight excluding hydrogens is 222 g/mol. The first-order chi connectivity index (χ1) is 8.58. The average Bonchev–Trinajstić information content (AvgIpc) is 2.71. The van der Waals surface area contributed by atoms with Gasteiger partial charge in [0.25, 0.3) is 0 Å². The molecule has 2 nitrogen and oxygen atoms in total. The van der Waals surface area contributed by atoms with Crippen LogP contribution in [0.3, 0.4) is 0 Å². The molecule has 0 bridgehead atoms. The second-order valence-electron chi connectivity index (χ2n) is 5.70. The number of ether oxygens (including phenoxy) is 1. The Labute approximate surface area is 111 Å². The highest BCUT2D eigenvalue weighted by Crippen LogP contribution is 2.28. The highest BCUT2D eigenvalue weighted by molar-refractivity contribution is 5.41. The fourth-order valence-electron chi connectivity index (χ4n) is 2.89. The summed E-state index contributed by atoms with van der Waals surface area (Å²) in [5, 5.41) is 0. The number of hydrogen-bond donors (Lipinski definition) is 1. The van der Waals surface area contributed by atoms with Crippen molar-refractivity contribution in [3.63, 3.8) is 0 Å². The number of rotatable bonds is 4. The lowest BCUT2D eigenvalue weighted by Gasteiger charge is -2.17. The van der Waals surface area contributed by atoms with Crippen LogP contribution in [0.15, 0.2) is 12.1 Å². The van der Waals surface area contributed by atoms with Gasteiger partial charge in [0.2, 0.25) is 0 Å². The zero-order valence-corrected chi connectivity index (χ0v) is 11.8. The Morgan fingerprint density at radius 1 is 1.22 bits per heavy atom. The van der Waals surface area contributed by atoms with Crippen LogP contribution in [0, 0.1) is 26.7 Å². The predicted molar refractivity (Wildman–Crippen MR) is 76.1 cm³/mol. The number of hydrogen-bond acceptors (Lipinski definition) is 2. The molecule has 0 spiro atoms. The molecule has 0 saturated heterocycles. The Morgan fingerprint density at radius 3 is 2.67 bits per heavy atom. The molecule has 1 aliphatic carbocycles. The fraction of sp³-hybridized carbons (Fsp3) is 0.625. The van der Waals surface area contributed by atoms with E-state index in [-0.39, 0.29) is 0 Å². The molecule has 0 radical (unpaired) electrons. The van der Waals surface area contributed by atoms with Crippen molar-refractivity contribution in [2.45, 2.75) is 52.5 Å². The minimum absolute atomic E-state index is 0.397. The maximum atomic E-state index is 6.08. The van der Waals surface area contributed by atoms with Crippen molar-refractivity contribution in [3.05, 3.63) is 28.8 Å². The molecular formula is C16H25NO. The molecule has 0 aliphatic heterocycles. The topological polar surface area (TPSA) is 35.2 Å². The molecule has 1 saturated carbocycles. The maximum Gasteiger partial charge on any atom is 0.122 e. The van der Waals surface area contributed by atoms with Gasteiger partial charge >= 0.3 is 0 Å². The molecule has 1 aromatic carbocycles. The van der Waals surface area contributed by atoms with E-state index in [0.717, 1.165) is 18.8 Å². The van der Waals surface area contributed by atoms with Gasteiger partial charge in [-0.25, -0.2) is 0 Å². The third-order valence-electron chi connectivity index (χ3n) is 4.23. The molecule has 2 atom stereocenters. The second kappa shape index (κ2) is 5.75. The monoisotopic (exact) mass is 247 g/mol. The van der Waals surface area contributed by atoms with Gasteiger partial charge < -0.3 is 10.5 Å². The molecule has 2 N–H and O–H groups in total. The summed E-state index contributed by atoms with van der Waals surface area (Å²) < 4.78 is 5.95. The van der Waals surface area contributed by atoms with Crippen molar-refractivity contribution < 1.29 is 4.74 Å².